The van der Waals surface area contributed by atoms with Crippen LogP contribution in [0, 0.1) is 12.3 Å². The van der Waals surface area contributed by atoms with E-state index in [1.54, 1.807) is 0 Å². The maximum Gasteiger partial charge on any atom is 0.194 e. The van der Waals surface area contributed by atoms with E-state index < -0.39 is 0 Å². The van der Waals surface area contributed by atoms with Crippen LogP contribution in [-0.4, -0.2) is 72.4 Å². The Morgan fingerprint density at radius 3 is 2.68 bits per heavy atom. The van der Waals surface area contributed by atoms with Gasteiger partial charge < -0.3 is 19.5 Å². The quantitative estimate of drug-likeness (QED) is 0.595. The molecule has 4 rings (SSSR count). The molecule has 2 unspecified atom stereocenters. The van der Waals surface area contributed by atoms with Gasteiger partial charge in [0.1, 0.15) is 5.76 Å². The summed E-state index contributed by atoms with van der Waals surface area (Å²) in [6.45, 7) is 12.7. The highest BCUT2D eigenvalue weighted by Gasteiger charge is 2.59. The predicted octanol–water partition coefficient (Wildman–Crippen LogP) is 2.41. The molecule has 0 bridgehead atoms. The molecule has 7 heteroatoms. The number of rotatable bonds is 6. The minimum absolute atomic E-state index is 0.358. The van der Waals surface area contributed by atoms with Crippen LogP contribution < -0.4 is 5.32 Å². The third-order valence-corrected chi connectivity index (χ3v) is 6.78. The minimum Gasteiger partial charge on any atom is -0.378 e. The van der Waals surface area contributed by atoms with Crippen LogP contribution >= 0.6 is 0 Å². The van der Waals surface area contributed by atoms with Crippen LogP contribution in [0.5, 0.6) is 0 Å². The highest BCUT2D eigenvalue weighted by molar-refractivity contribution is 5.80. The Bertz CT molecular complexity index is 676. The molecular formula is C21H35N5O2. The summed E-state index contributed by atoms with van der Waals surface area (Å²) >= 11 is 0. The van der Waals surface area contributed by atoms with E-state index in [0.29, 0.717) is 17.6 Å². The molecule has 2 atom stereocenters. The lowest BCUT2D eigenvalue weighted by molar-refractivity contribution is -0.169. The number of aryl methyl sites for hydroxylation is 1. The van der Waals surface area contributed by atoms with Gasteiger partial charge >= 0.3 is 0 Å². The van der Waals surface area contributed by atoms with E-state index in [9.17, 15) is 0 Å². The number of piperazine rings is 1. The fraction of sp³-hybridized carbons (Fsp3) is 0.810. The van der Waals surface area contributed by atoms with Crippen molar-refractivity contribution in [2.24, 2.45) is 10.4 Å². The standard InChI is InChI=1S/C21H35N5O2/c1-4-22-20(23-18-14-19(27-5-2)21(18)7-6-8-21)26-11-9-25(10-12-26)15-17-13-16(3)28-24-17/h13,18-19H,4-12,14-15H2,1-3H3,(H,22,23). The first kappa shape index (κ1) is 19.7. The Hall–Kier alpha value is -1.60. The molecule has 1 spiro atoms. The second kappa shape index (κ2) is 8.41. The Balaban J connectivity index is 1.31. The molecule has 0 aromatic carbocycles. The Morgan fingerprint density at radius 1 is 1.32 bits per heavy atom. The number of hydrogen-bond donors (Lipinski definition) is 1. The average molecular weight is 390 g/mol. The Morgan fingerprint density at radius 2 is 2.11 bits per heavy atom. The van der Waals surface area contributed by atoms with Crippen LogP contribution in [0.15, 0.2) is 15.6 Å². The Labute approximate surface area is 168 Å². The van der Waals surface area contributed by atoms with Crippen LogP contribution in [0.4, 0.5) is 0 Å². The molecule has 2 saturated carbocycles. The maximum absolute atomic E-state index is 6.01. The van der Waals surface area contributed by atoms with Gasteiger partial charge in [0.2, 0.25) is 0 Å². The molecule has 3 aliphatic rings. The topological polar surface area (TPSA) is 66.1 Å². The second-order valence-corrected chi connectivity index (χ2v) is 8.45. The molecule has 1 aromatic rings. The highest BCUT2D eigenvalue weighted by Crippen LogP contribution is 2.57. The van der Waals surface area contributed by atoms with Crippen LogP contribution in [0.25, 0.3) is 0 Å². The van der Waals surface area contributed by atoms with Gasteiger partial charge in [-0.25, -0.2) is 0 Å². The number of nitrogens with zero attached hydrogens (tertiary/aromatic N) is 4. The van der Waals surface area contributed by atoms with Crippen molar-refractivity contribution >= 4 is 5.96 Å². The molecule has 2 aliphatic carbocycles. The zero-order valence-electron chi connectivity index (χ0n) is 17.6. The molecule has 2 heterocycles. The fourth-order valence-corrected chi connectivity index (χ4v) is 5.02. The van der Waals surface area contributed by atoms with E-state index in [1.165, 1.54) is 19.3 Å². The van der Waals surface area contributed by atoms with E-state index in [1.807, 2.05) is 13.0 Å². The third-order valence-electron chi connectivity index (χ3n) is 6.78. The maximum atomic E-state index is 6.01. The largest absolute Gasteiger partial charge is 0.378 e. The zero-order valence-corrected chi connectivity index (χ0v) is 17.6. The molecule has 0 radical (unpaired) electrons. The molecule has 156 valence electrons. The lowest BCUT2D eigenvalue weighted by Gasteiger charge is -2.61. The van der Waals surface area contributed by atoms with Crippen molar-refractivity contribution in [3.05, 3.63) is 17.5 Å². The monoisotopic (exact) mass is 389 g/mol. The lowest BCUT2D eigenvalue weighted by atomic mass is 9.51. The van der Waals surface area contributed by atoms with E-state index in [2.05, 4.69) is 34.1 Å². The van der Waals surface area contributed by atoms with Gasteiger partial charge in [-0.1, -0.05) is 11.6 Å². The summed E-state index contributed by atoms with van der Waals surface area (Å²) in [5, 5.41) is 7.95. The van der Waals surface area contributed by atoms with Crippen molar-refractivity contribution in [3.8, 4) is 0 Å². The number of aliphatic imine (C=N–C) groups is 1. The number of aromatic nitrogens is 1. The first-order valence-electron chi connectivity index (χ1n) is 11.0. The summed E-state index contributed by atoms with van der Waals surface area (Å²) in [7, 11) is 0. The van der Waals surface area contributed by atoms with Gasteiger partial charge in [0.25, 0.3) is 0 Å². The van der Waals surface area contributed by atoms with Crippen molar-refractivity contribution in [2.45, 2.75) is 65.1 Å². The van der Waals surface area contributed by atoms with Crippen LogP contribution in [0.1, 0.15) is 51.0 Å². The molecule has 1 N–H and O–H groups in total. The summed E-state index contributed by atoms with van der Waals surface area (Å²) < 4.78 is 11.2. The summed E-state index contributed by atoms with van der Waals surface area (Å²) in [4.78, 5) is 9.69. The van der Waals surface area contributed by atoms with E-state index in [4.69, 9.17) is 14.3 Å². The van der Waals surface area contributed by atoms with Crippen molar-refractivity contribution in [3.63, 3.8) is 0 Å². The summed E-state index contributed by atoms with van der Waals surface area (Å²) in [5.74, 6) is 1.97. The molecule has 1 saturated heterocycles. The second-order valence-electron chi connectivity index (χ2n) is 8.45. The molecule has 1 aromatic heterocycles. The van der Waals surface area contributed by atoms with Gasteiger partial charge in [-0.15, -0.1) is 0 Å². The highest BCUT2D eigenvalue weighted by atomic mass is 16.5. The van der Waals surface area contributed by atoms with E-state index >= 15 is 0 Å². The molecule has 3 fully saturated rings. The van der Waals surface area contributed by atoms with Crippen LogP contribution in [0.2, 0.25) is 0 Å². The van der Waals surface area contributed by atoms with Crippen molar-refractivity contribution < 1.29 is 9.26 Å². The van der Waals surface area contributed by atoms with Gasteiger partial charge in [0, 0.05) is 63.4 Å². The SMILES string of the molecule is CCN=C(NC1CC(OCC)C12CCC2)N1CCN(Cc2cc(C)on2)CC1. The van der Waals surface area contributed by atoms with E-state index in [0.717, 1.165) is 69.7 Å². The number of ether oxygens (including phenoxy) is 1. The summed E-state index contributed by atoms with van der Waals surface area (Å²) in [6, 6.07) is 2.54. The Kier molecular flexibility index (Phi) is 5.92. The van der Waals surface area contributed by atoms with Crippen molar-refractivity contribution in [2.75, 3.05) is 39.3 Å². The third kappa shape index (κ3) is 3.79. The fourth-order valence-electron chi connectivity index (χ4n) is 5.02. The smallest absolute Gasteiger partial charge is 0.194 e. The summed E-state index contributed by atoms with van der Waals surface area (Å²) in [5.41, 5.74) is 1.38. The number of nitrogens with one attached hydrogen (secondary N) is 1. The van der Waals surface area contributed by atoms with Gasteiger partial charge in [0.05, 0.1) is 11.8 Å². The molecule has 0 amide bonds. The van der Waals surface area contributed by atoms with Crippen LogP contribution in [-0.2, 0) is 11.3 Å². The van der Waals surface area contributed by atoms with Crippen LogP contribution in [0.3, 0.4) is 0 Å². The molecular weight excluding hydrogens is 354 g/mol. The average Bonchev–Trinajstić information content (AvgIpc) is 3.04. The first-order chi connectivity index (χ1) is 13.6. The predicted molar refractivity (Wildman–Crippen MR) is 109 cm³/mol. The summed E-state index contributed by atoms with van der Waals surface area (Å²) in [6.07, 6.45) is 5.47. The zero-order chi connectivity index (χ0) is 19.6. The first-order valence-corrected chi connectivity index (χ1v) is 11.0. The van der Waals surface area contributed by atoms with Gasteiger partial charge in [-0.2, -0.15) is 0 Å². The van der Waals surface area contributed by atoms with Gasteiger partial charge in [-0.05, 0) is 40.0 Å². The van der Waals surface area contributed by atoms with Gasteiger partial charge in [-0.3, -0.25) is 9.89 Å². The molecule has 28 heavy (non-hydrogen) atoms. The normalized spacial score (nSPS) is 27.5. The lowest BCUT2D eigenvalue weighted by Crippen LogP contribution is -2.69. The van der Waals surface area contributed by atoms with Crippen molar-refractivity contribution in [1.82, 2.24) is 20.3 Å². The molecule has 7 nitrogen and oxygen atoms in total. The minimum atomic E-state index is 0.358. The molecule has 1 aliphatic heterocycles. The van der Waals surface area contributed by atoms with Gasteiger partial charge in [0.15, 0.2) is 5.96 Å². The number of guanidine groups is 1. The van der Waals surface area contributed by atoms with E-state index in [-0.39, 0.29) is 0 Å². The van der Waals surface area contributed by atoms with Crippen molar-refractivity contribution in [1.29, 1.82) is 0 Å². The number of hydrogen-bond acceptors (Lipinski definition) is 5.